The number of H-pyrrole nitrogens is 1. The van der Waals surface area contributed by atoms with Crippen LogP contribution in [0, 0.1) is 17.1 Å². The van der Waals surface area contributed by atoms with Gasteiger partial charge >= 0.3 is 0 Å². The van der Waals surface area contributed by atoms with Crippen molar-refractivity contribution in [2.24, 2.45) is 5.73 Å². The molecule has 7 heteroatoms. The molecule has 118 valence electrons. The van der Waals surface area contributed by atoms with Gasteiger partial charge in [0.2, 0.25) is 11.8 Å². The van der Waals surface area contributed by atoms with Crippen LogP contribution in [-0.2, 0) is 0 Å². The molecule has 0 saturated carbocycles. The van der Waals surface area contributed by atoms with E-state index in [0.29, 0.717) is 5.56 Å². The smallest absolute Gasteiger partial charge is 0.244 e. The summed E-state index contributed by atoms with van der Waals surface area (Å²) >= 11 is 6.21. The number of rotatable bonds is 2. The largest absolute Gasteiger partial charge is 0.420 e. The van der Waals surface area contributed by atoms with Gasteiger partial charge in [-0.3, -0.25) is 5.10 Å². The van der Waals surface area contributed by atoms with Crippen molar-refractivity contribution in [1.29, 1.82) is 5.26 Å². The normalized spacial score (nSPS) is 17.0. The zero-order valence-corrected chi connectivity index (χ0v) is 13.3. The zero-order valence-electron chi connectivity index (χ0n) is 12.5. The van der Waals surface area contributed by atoms with Gasteiger partial charge in [0.05, 0.1) is 11.5 Å². The molecule has 3 rings (SSSR count). The highest BCUT2D eigenvalue weighted by Gasteiger charge is 2.38. The maximum atomic E-state index is 14.5. The van der Waals surface area contributed by atoms with Crippen molar-refractivity contribution in [3.63, 3.8) is 0 Å². The topological polar surface area (TPSA) is 87.7 Å². The summed E-state index contributed by atoms with van der Waals surface area (Å²) in [6.07, 6.45) is 0. The monoisotopic (exact) mass is 332 g/mol. The number of nitrogens with two attached hydrogens (primary N) is 1. The van der Waals surface area contributed by atoms with Crippen LogP contribution in [0.25, 0.3) is 0 Å². The van der Waals surface area contributed by atoms with E-state index >= 15 is 0 Å². The highest BCUT2D eigenvalue weighted by atomic mass is 35.5. The second kappa shape index (κ2) is 5.60. The lowest BCUT2D eigenvalue weighted by Crippen LogP contribution is -2.22. The number of hydrogen-bond donors (Lipinski definition) is 2. The number of aromatic amines is 1. The molecule has 0 fully saturated rings. The van der Waals surface area contributed by atoms with Crippen molar-refractivity contribution in [2.75, 3.05) is 0 Å². The van der Waals surface area contributed by atoms with Gasteiger partial charge in [0.15, 0.2) is 0 Å². The fourth-order valence-electron chi connectivity index (χ4n) is 2.78. The molecule has 0 saturated heterocycles. The Labute approximate surface area is 137 Å². The minimum absolute atomic E-state index is 0.0715. The fourth-order valence-corrected chi connectivity index (χ4v) is 3.06. The van der Waals surface area contributed by atoms with Gasteiger partial charge in [-0.25, -0.2) is 4.39 Å². The van der Waals surface area contributed by atoms with Crippen LogP contribution in [0.5, 0.6) is 5.88 Å². The van der Waals surface area contributed by atoms with E-state index in [9.17, 15) is 9.65 Å². The molecule has 2 heterocycles. The Morgan fingerprint density at radius 2 is 2.17 bits per heavy atom. The first kappa shape index (κ1) is 15.4. The lowest BCUT2D eigenvalue weighted by atomic mass is 9.82. The van der Waals surface area contributed by atoms with E-state index in [1.54, 1.807) is 6.07 Å². The van der Waals surface area contributed by atoms with Crippen LogP contribution in [-0.4, -0.2) is 10.2 Å². The third-order valence-corrected chi connectivity index (χ3v) is 4.16. The van der Waals surface area contributed by atoms with Gasteiger partial charge in [-0.05, 0) is 18.1 Å². The number of allylic oxidation sites excluding steroid dienone is 1. The van der Waals surface area contributed by atoms with Crippen LogP contribution in [0.3, 0.4) is 0 Å². The van der Waals surface area contributed by atoms with Gasteiger partial charge in [-0.2, -0.15) is 5.26 Å². The minimum Gasteiger partial charge on any atom is -0.420 e. The third-order valence-electron chi connectivity index (χ3n) is 3.83. The molecule has 1 atom stereocenters. The first-order valence-corrected chi connectivity index (χ1v) is 7.43. The predicted octanol–water partition coefficient (Wildman–Crippen LogP) is 3.54. The summed E-state index contributed by atoms with van der Waals surface area (Å²) in [4.78, 5) is 0. The summed E-state index contributed by atoms with van der Waals surface area (Å²) < 4.78 is 19.9. The Kier molecular flexibility index (Phi) is 3.74. The zero-order chi connectivity index (χ0) is 16.7. The number of nitriles is 1. The van der Waals surface area contributed by atoms with E-state index in [1.807, 2.05) is 19.9 Å². The molecule has 0 amide bonds. The Hall–Kier alpha value is -2.52. The number of hydrogen-bond acceptors (Lipinski definition) is 4. The molecule has 23 heavy (non-hydrogen) atoms. The molecular weight excluding hydrogens is 319 g/mol. The Morgan fingerprint density at radius 3 is 2.78 bits per heavy atom. The van der Waals surface area contributed by atoms with Crippen LogP contribution in [0.4, 0.5) is 4.39 Å². The Balaban J connectivity index is 2.34. The number of nitrogens with zero attached hydrogens (tertiary/aromatic N) is 2. The van der Waals surface area contributed by atoms with Crippen molar-refractivity contribution < 1.29 is 9.13 Å². The summed E-state index contributed by atoms with van der Waals surface area (Å²) in [5.74, 6) is -1.04. The molecule has 1 aliphatic heterocycles. The Morgan fingerprint density at radius 1 is 1.43 bits per heavy atom. The van der Waals surface area contributed by atoms with Gasteiger partial charge in [0.25, 0.3) is 0 Å². The highest BCUT2D eigenvalue weighted by molar-refractivity contribution is 6.31. The van der Waals surface area contributed by atoms with Gasteiger partial charge in [0, 0.05) is 16.3 Å². The van der Waals surface area contributed by atoms with E-state index in [-0.39, 0.29) is 33.8 Å². The SMILES string of the molecule is CC(C)c1[nH]nc2c1C(c1c(F)cccc1Cl)C(C#N)=C(N)O2. The average molecular weight is 333 g/mol. The Bertz CT molecular complexity index is 830. The average Bonchev–Trinajstić information content (AvgIpc) is 2.90. The lowest BCUT2D eigenvalue weighted by molar-refractivity contribution is 0.377. The standard InChI is InChI=1S/C16H14ClFN4O/c1-7(2)14-13-11(12-9(17)4-3-5-10(12)18)8(6-19)15(20)23-16(13)22-21-14/h3-5,7,11H,20H2,1-2H3,(H,21,22). The fraction of sp³-hybridized carbons (Fsp3) is 0.250. The molecule has 1 aromatic heterocycles. The van der Waals surface area contributed by atoms with E-state index in [0.717, 1.165) is 5.69 Å². The highest BCUT2D eigenvalue weighted by Crippen LogP contribution is 2.46. The molecule has 5 nitrogen and oxygen atoms in total. The van der Waals surface area contributed by atoms with Gasteiger partial charge < -0.3 is 10.5 Å². The van der Waals surface area contributed by atoms with E-state index in [1.165, 1.54) is 12.1 Å². The molecule has 3 N–H and O–H groups in total. The predicted molar refractivity (Wildman–Crippen MR) is 83.4 cm³/mol. The van der Waals surface area contributed by atoms with Crippen LogP contribution in [0.15, 0.2) is 29.7 Å². The summed E-state index contributed by atoms with van der Waals surface area (Å²) in [5, 5.41) is 16.7. The lowest BCUT2D eigenvalue weighted by Gasteiger charge is -2.25. The summed E-state index contributed by atoms with van der Waals surface area (Å²) in [6, 6.07) is 6.41. The summed E-state index contributed by atoms with van der Waals surface area (Å²) in [6.45, 7) is 3.92. The van der Waals surface area contributed by atoms with Gasteiger partial charge in [-0.15, -0.1) is 5.10 Å². The number of halogens is 2. The van der Waals surface area contributed by atoms with Crippen molar-refractivity contribution in [1.82, 2.24) is 10.2 Å². The van der Waals surface area contributed by atoms with Crippen LogP contribution < -0.4 is 10.5 Å². The molecule has 2 aromatic rings. The quantitative estimate of drug-likeness (QED) is 0.880. The number of nitrogens with one attached hydrogen (secondary N) is 1. The molecule has 0 radical (unpaired) electrons. The van der Waals surface area contributed by atoms with E-state index in [2.05, 4.69) is 10.2 Å². The van der Waals surface area contributed by atoms with Crippen LogP contribution >= 0.6 is 11.6 Å². The van der Waals surface area contributed by atoms with Crippen molar-refractivity contribution in [3.8, 4) is 11.9 Å². The van der Waals surface area contributed by atoms with Crippen molar-refractivity contribution >= 4 is 11.6 Å². The van der Waals surface area contributed by atoms with Gasteiger partial charge in [0.1, 0.15) is 17.5 Å². The van der Waals surface area contributed by atoms with E-state index in [4.69, 9.17) is 22.1 Å². The number of ether oxygens (including phenoxy) is 1. The summed E-state index contributed by atoms with van der Waals surface area (Å²) in [7, 11) is 0. The maximum Gasteiger partial charge on any atom is 0.244 e. The maximum absolute atomic E-state index is 14.5. The second-order valence-electron chi connectivity index (χ2n) is 5.57. The van der Waals surface area contributed by atoms with Crippen molar-refractivity contribution in [3.05, 3.63) is 57.3 Å². The third kappa shape index (κ3) is 2.34. The molecule has 0 aliphatic carbocycles. The number of fused-ring (bicyclic) bond motifs is 1. The first-order chi connectivity index (χ1) is 11.0. The molecule has 1 aliphatic rings. The van der Waals surface area contributed by atoms with Crippen LogP contribution in [0.2, 0.25) is 5.02 Å². The van der Waals surface area contributed by atoms with Gasteiger partial charge in [-0.1, -0.05) is 31.5 Å². The van der Waals surface area contributed by atoms with Crippen LogP contribution in [0.1, 0.15) is 42.5 Å². The number of benzene rings is 1. The number of aromatic nitrogens is 2. The molecular formula is C16H14ClFN4O. The van der Waals surface area contributed by atoms with E-state index < -0.39 is 11.7 Å². The molecule has 0 spiro atoms. The minimum atomic E-state index is -0.756. The first-order valence-electron chi connectivity index (χ1n) is 7.05. The van der Waals surface area contributed by atoms with Crippen molar-refractivity contribution in [2.45, 2.75) is 25.7 Å². The second-order valence-corrected chi connectivity index (χ2v) is 5.98. The molecule has 1 aromatic carbocycles. The molecule has 0 bridgehead atoms. The molecule has 1 unspecified atom stereocenters. The summed E-state index contributed by atoms with van der Waals surface area (Å²) in [5.41, 5.74) is 7.50.